The molecule has 1 N–H and O–H groups in total. The third kappa shape index (κ3) is 2.58. The summed E-state index contributed by atoms with van der Waals surface area (Å²) in [5, 5.41) is 3.45. The minimum Gasteiger partial charge on any atom is -0.375 e. The lowest BCUT2D eigenvalue weighted by atomic mass is 10.0. The fourth-order valence-corrected chi connectivity index (χ4v) is 3.12. The van der Waals surface area contributed by atoms with Gasteiger partial charge in [-0.2, -0.15) is 0 Å². The molecule has 2 aliphatic rings. The van der Waals surface area contributed by atoms with Gasteiger partial charge in [-0.15, -0.1) is 0 Å². The van der Waals surface area contributed by atoms with Crippen molar-refractivity contribution in [3.8, 4) is 0 Å². The van der Waals surface area contributed by atoms with Gasteiger partial charge in [0.2, 0.25) is 0 Å². The van der Waals surface area contributed by atoms with Gasteiger partial charge in [0.1, 0.15) is 0 Å². The second-order valence-corrected chi connectivity index (χ2v) is 5.54. The minimum atomic E-state index is 0.526. The molecule has 0 aromatic rings. The first-order valence-corrected chi connectivity index (χ1v) is 6.75. The van der Waals surface area contributed by atoms with E-state index in [0.29, 0.717) is 24.1 Å². The maximum Gasteiger partial charge on any atom is 0.0730 e. The number of morpholine rings is 1. The zero-order valence-corrected chi connectivity index (χ0v) is 10.9. The number of hydrogen-bond donors (Lipinski definition) is 1. The van der Waals surface area contributed by atoms with Crippen LogP contribution in [0.2, 0.25) is 0 Å². The van der Waals surface area contributed by atoms with E-state index in [1.54, 1.807) is 0 Å². The standard InChI is InChI=1S/C13H26N2O/c1-10(2)11(14-3)9-15-7-8-16-13-6-4-5-12(13)15/h10-14H,4-9H2,1-3H3. The van der Waals surface area contributed by atoms with Crippen molar-refractivity contribution in [2.24, 2.45) is 5.92 Å². The summed E-state index contributed by atoms with van der Waals surface area (Å²) in [6.07, 6.45) is 4.47. The Morgan fingerprint density at radius 3 is 2.88 bits per heavy atom. The van der Waals surface area contributed by atoms with Crippen molar-refractivity contribution in [1.82, 2.24) is 10.2 Å². The van der Waals surface area contributed by atoms with Gasteiger partial charge in [-0.1, -0.05) is 13.8 Å². The summed E-state index contributed by atoms with van der Waals surface area (Å²) in [6, 6.07) is 1.31. The van der Waals surface area contributed by atoms with Crippen molar-refractivity contribution in [3.05, 3.63) is 0 Å². The van der Waals surface area contributed by atoms with Gasteiger partial charge in [-0.25, -0.2) is 0 Å². The Morgan fingerprint density at radius 2 is 2.19 bits per heavy atom. The molecule has 94 valence electrons. The summed E-state index contributed by atoms with van der Waals surface area (Å²) in [4.78, 5) is 2.66. The summed E-state index contributed by atoms with van der Waals surface area (Å²) in [5.41, 5.74) is 0. The van der Waals surface area contributed by atoms with E-state index in [1.165, 1.54) is 25.8 Å². The molecule has 0 aromatic carbocycles. The quantitative estimate of drug-likeness (QED) is 0.786. The van der Waals surface area contributed by atoms with Crippen LogP contribution in [0.3, 0.4) is 0 Å². The summed E-state index contributed by atoms with van der Waals surface area (Å²) >= 11 is 0. The van der Waals surface area contributed by atoms with E-state index in [1.807, 2.05) is 0 Å². The topological polar surface area (TPSA) is 24.5 Å². The van der Waals surface area contributed by atoms with Gasteiger partial charge in [0.15, 0.2) is 0 Å². The van der Waals surface area contributed by atoms with E-state index in [9.17, 15) is 0 Å². The molecule has 3 heteroatoms. The van der Waals surface area contributed by atoms with Crippen LogP contribution in [0.4, 0.5) is 0 Å². The van der Waals surface area contributed by atoms with Crippen LogP contribution in [0.1, 0.15) is 33.1 Å². The van der Waals surface area contributed by atoms with E-state index in [4.69, 9.17) is 4.74 Å². The molecule has 1 aliphatic heterocycles. The highest BCUT2D eigenvalue weighted by Crippen LogP contribution is 2.29. The molecule has 0 amide bonds. The number of likely N-dealkylation sites (N-methyl/N-ethyl adjacent to an activating group) is 1. The number of ether oxygens (including phenoxy) is 1. The first-order valence-electron chi connectivity index (χ1n) is 6.75. The second kappa shape index (κ2) is 5.48. The van der Waals surface area contributed by atoms with Crippen LogP contribution < -0.4 is 5.32 Å². The molecule has 0 bridgehead atoms. The van der Waals surface area contributed by atoms with Crippen molar-refractivity contribution in [1.29, 1.82) is 0 Å². The maximum absolute atomic E-state index is 5.85. The lowest BCUT2D eigenvalue weighted by Gasteiger charge is -2.40. The molecular formula is C13H26N2O. The summed E-state index contributed by atoms with van der Waals surface area (Å²) in [6.45, 7) is 7.82. The Labute approximate surface area is 99.5 Å². The Balaban J connectivity index is 1.92. The minimum absolute atomic E-state index is 0.526. The average molecular weight is 226 g/mol. The molecule has 0 radical (unpaired) electrons. The largest absolute Gasteiger partial charge is 0.375 e. The van der Waals surface area contributed by atoms with Crippen molar-refractivity contribution in [3.63, 3.8) is 0 Å². The monoisotopic (exact) mass is 226 g/mol. The molecule has 3 atom stereocenters. The van der Waals surface area contributed by atoms with Crippen LogP contribution in [0.25, 0.3) is 0 Å². The van der Waals surface area contributed by atoms with Gasteiger partial charge < -0.3 is 10.1 Å². The molecule has 1 aliphatic carbocycles. The molecule has 1 heterocycles. The molecule has 16 heavy (non-hydrogen) atoms. The number of nitrogens with one attached hydrogen (secondary N) is 1. The molecular weight excluding hydrogens is 200 g/mol. The third-order valence-corrected chi connectivity index (χ3v) is 4.20. The predicted molar refractivity (Wildman–Crippen MR) is 66.6 cm³/mol. The zero-order valence-electron chi connectivity index (χ0n) is 10.9. The van der Waals surface area contributed by atoms with Crippen molar-refractivity contribution in [2.75, 3.05) is 26.7 Å². The fraction of sp³-hybridized carbons (Fsp3) is 1.00. The summed E-state index contributed by atoms with van der Waals surface area (Å²) < 4.78 is 5.85. The highest BCUT2D eigenvalue weighted by Gasteiger charge is 2.36. The van der Waals surface area contributed by atoms with Crippen LogP contribution in [0, 0.1) is 5.92 Å². The third-order valence-electron chi connectivity index (χ3n) is 4.20. The van der Waals surface area contributed by atoms with Gasteiger partial charge in [0, 0.05) is 25.2 Å². The molecule has 1 saturated carbocycles. The zero-order chi connectivity index (χ0) is 11.5. The van der Waals surface area contributed by atoms with Crippen LogP contribution in [-0.2, 0) is 4.74 Å². The van der Waals surface area contributed by atoms with Gasteiger partial charge >= 0.3 is 0 Å². The lowest BCUT2D eigenvalue weighted by Crippen LogP contribution is -2.53. The molecule has 2 rings (SSSR count). The van der Waals surface area contributed by atoms with Crippen LogP contribution in [0.5, 0.6) is 0 Å². The van der Waals surface area contributed by atoms with Crippen LogP contribution in [0.15, 0.2) is 0 Å². The van der Waals surface area contributed by atoms with Crippen molar-refractivity contribution < 1.29 is 4.74 Å². The molecule has 0 spiro atoms. The fourth-order valence-electron chi connectivity index (χ4n) is 3.12. The van der Waals surface area contributed by atoms with E-state index in [2.05, 4.69) is 31.1 Å². The van der Waals surface area contributed by atoms with E-state index in [0.717, 1.165) is 13.2 Å². The molecule has 1 saturated heterocycles. The number of fused-ring (bicyclic) bond motifs is 1. The second-order valence-electron chi connectivity index (χ2n) is 5.54. The van der Waals surface area contributed by atoms with Crippen molar-refractivity contribution in [2.45, 2.75) is 51.3 Å². The smallest absolute Gasteiger partial charge is 0.0730 e. The summed E-state index contributed by atoms with van der Waals surface area (Å²) in [7, 11) is 2.08. The number of rotatable bonds is 4. The van der Waals surface area contributed by atoms with E-state index < -0.39 is 0 Å². The first kappa shape index (κ1) is 12.3. The van der Waals surface area contributed by atoms with Crippen molar-refractivity contribution >= 4 is 0 Å². The van der Waals surface area contributed by atoms with Crippen LogP contribution in [-0.4, -0.2) is 49.8 Å². The first-order chi connectivity index (χ1) is 7.72. The molecule has 0 aromatic heterocycles. The normalized spacial score (nSPS) is 33.0. The molecule has 3 nitrogen and oxygen atoms in total. The van der Waals surface area contributed by atoms with E-state index >= 15 is 0 Å². The Kier molecular flexibility index (Phi) is 4.22. The van der Waals surface area contributed by atoms with E-state index in [-0.39, 0.29) is 0 Å². The van der Waals surface area contributed by atoms with Gasteiger partial charge in [-0.05, 0) is 32.2 Å². The number of nitrogens with zero attached hydrogens (tertiary/aromatic N) is 1. The average Bonchev–Trinajstić information content (AvgIpc) is 2.73. The molecule has 3 unspecified atom stereocenters. The SMILES string of the molecule is CNC(CN1CCOC2CCCC21)C(C)C. The summed E-state index contributed by atoms with van der Waals surface area (Å²) in [5.74, 6) is 0.702. The Hall–Kier alpha value is -0.120. The highest BCUT2D eigenvalue weighted by atomic mass is 16.5. The predicted octanol–water partition coefficient (Wildman–Crippen LogP) is 1.48. The Bertz CT molecular complexity index is 220. The number of hydrogen-bond acceptors (Lipinski definition) is 3. The highest BCUT2D eigenvalue weighted by molar-refractivity contribution is 4.91. The Morgan fingerprint density at radius 1 is 1.38 bits per heavy atom. The van der Waals surface area contributed by atoms with Gasteiger partial charge in [0.25, 0.3) is 0 Å². The van der Waals surface area contributed by atoms with Gasteiger partial charge in [0.05, 0.1) is 12.7 Å². The lowest BCUT2D eigenvalue weighted by molar-refractivity contribution is -0.0592. The van der Waals surface area contributed by atoms with Gasteiger partial charge in [-0.3, -0.25) is 4.90 Å². The molecule has 2 fully saturated rings. The maximum atomic E-state index is 5.85. The van der Waals surface area contributed by atoms with Crippen LogP contribution >= 0.6 is 0 Å².